The van der Waals surface area contributed by atoms with Gasteiger partial charge in [0.25, 0.3) is 11.1 Å². The molecule has 268 valence electrons. The van der Waals surface area contributed by atoms with Crippen LogP contribution in [-0.4, -0.2) is 19.1 Å². The zero-order valence-corrected chi connectivity index (χ0v) is 28.1. The molecule has 2 aromatic carbocycles. The van der Waals surface area contributed by atoms with Gasteiger partial charge in [-0.2, -0.15) is 26.3 Å². The summed E-state index contributed by atoms with van der Waals surface area (Å²) in [5.74, 6) is 0.0753. The second kappa shape index (κ2) is 16.7. The van der Waals surface area contributed by atoms with Crippen molar-refractivity contribution in [2.75, 3.05) is 5.32 Å². The molecule has 10 nitrogen and oxygen atoms in total. The van der Waals surface area contributed by atoms with Gasteiger partial charge in [-0.25, -0.2) is 9.59 Å². The fourth-order valence-corrected chi connectivity index (χ4v) is 4.81. The largest absolute Gasteiger partial charge is 0.416 e. The molecule has 4 rings (SSSR count). The normalized spacial score (nSPS) is 12.8. The third kappa shape index (κ3) is 11.2. The van der Waals surface area contributed by atoms with Crippen LogP contribution in [0.1, 0.15) is 88.0 Å². The second-order valence-electron chi connectivity index (χ2n) is 11.3. The lowest BCUT2D eigenvalue weighted by Gasteiger charge is -2.20. The minimum Gasteiger partial charge on any atom is -0.365 e. The van der Waals surface area contributed by atoms with Crippen LogP contribution in [0.25, 0.3) is 0 Å². The van der Waals surface area contributed by atoms with Crippen LogP contribution < -0.4 is 33.5 Å². The minimum atomic E-state index is -4.49. The number of aromatic nitrogens is 4. The van der Waals surface area contributed by atoms with E-state index < -0.39 is 52.5 Å². The van der Waals surface area contributed by atoms with Gasteiger partial charge in [-0.3, -0.25) is 28.7 Å². The van der Waals surface area contributed by atoms with Crippen LogP contribution in [-0.2, 0) is 12.4 Å². The van der Waals surface area contributed by atoms with Crippen LogP contribution in [0.4, 0.5) is 32.2 Å². The molecule has 0 radical (unpaired) electrons. The number of hydrogen-bond acceptors (Lipinski definition) is 6. The number of alkyl halides is 6. The maximum Gasteiger partial charge on any atom is 0.416 e. The number of halogens is 7. The van der Waals surface area contributed by atoms with E-state index in [0.717, 1.165) is 27.3 Å². The van der Waals surface area contributed by atoms with Crippen molar-refractivity contribution in [3.63, 3.8) is 0 Å². The smallest absolute Gasteiger partial charge is 0.365 e. The molecule has 0 aliphatic rings. The molecule has 2 heterocycles. The Balaban J connectivity index is 0.000000281. The molecule has 49 heavy (non-hydrogen) atoms. The molecule has 5 N–H and O–H groups in total. The number of benzene rings is 2. The third-order valence-corrected chi connectivity index (χ3v) is 7.00. The highest BCUT2D eigenvalue weighted by atomic mass is 35.5. The fourth-order valence-electron chi connectivity index (χ4n) is 4.63. The van der Waals surface area contributed by atoms with E-state index in [1.165, 1.54) is 50.2 Å². The molecule has 0 saturated heterocycles. The summed E-state index contributed by atoms with van der Waals surface area (Å²) < 4.78 is 78.4. The molecule has 0 spiro atoms. The predicted octanol–water partition coefficient (Wildman–Crippen LogP) is 6.81. The van der Waals surface area contributed by atoms with Crippen LogP contribution in [0.2, 0.25) is 5.15 Å². The minimum absolute atomic E-state index is 0.0267. The number of H-pyrrole nitrogens is 2. The van der Waals surface area contributed by atoms with E-state index >= 15 is 0 Å². The van der Waals surface area contributed by atoms with E-state index in [2.05, 4.69) is 15.3 Å². The van der Waals surface area contributed by atoms with Crippen molar-refractivity contribution in [2.24, 2.45) is 5.73 Å². The van der Waals surface area contributed by atoms with E-state index in [-0.39, 0.29) is 39.7 Å². The molecule has 0 fully saturated rings. The van der Waals surface area contributed by atoms with Crippen molar-refractivity contribution >= 4 is 17.4 Å². The van der Waals surface area contributed by atoms with Gasteiger partial charge in [0.05, 0.1) is 17.2 Å². The third-order valence-electron chi connectivity index (χ3n) is 6.79. The number of aromatic amines is 2. The molecule has 0 aliphatic heterocycles. The summed E-state index contributed by atoms with van der Waals surface area (Å²) in [5, 5.41) is 2.82. The predicted molar refractivity (Wildman–Crippen MR) is 176 cm³/mol. The van der Waals surface area contributed by atoms with Crippen LogP contribution in [0.15, 0.2) is 79.8 Å². The lowest BCUT2D eigenvalue weighted by Crippen LogP contribution is -2.36. The van der Waals surface area contributed by atoms with Crippen molar-refractivity contribution in [3.8, 4) is 0 Å². The quantitative estimate of drug-likeness (QED) is 0.127. The Hall–Kier alpha value is -4.57. The highest BCUT2D eigenvalue weighted by Crippen LogP contribution is 2.35. The fraction of sp³-hybridized carbons (Fsp3) is 0.375. The summed E-state index contributed by atoms with van der Waals surface area (Å²) in [5.41, 5.74) is 2.18. The number of anilines is 1. The molecule has 4 aromatic rings. The molecule has 0 amide bonds. The molecule has 2 atom stereocenters. The Morgan fingerprint density at radius 2 is 1.08 bits per heavy atom. The van der Waals surface area contributed by atoms with Gasteiger partial charge in [0.15, 0.2) is 0 Å². The molecule has 0 saturated carbocycles. The summed E-state index contributed by atoms with van der Waals surface area (Å²) in [6.45, 7) is 9.94. The van der Waals surface area contributed by atoms with Gasteiger partial charge in [0, 0.05) is 30.3 Å². The molecule has 17 heteroatoms. The SMILES string of the molecule is CC(C)n1c(=O)cc(Cl)[nH]c1=O.CC(C)n1c(=O)cc(N[C@@H](C)c2ccccc2C(F)(F)F)[nH]c1=O.C[C@H](N)c1ccccc1C(F)(F)F. The van der Waals surface area contributed by atoms with E-state index in [1.54, 1.807) is 33.8 Å². The monoisotopic (exact) mass is 718 g/mol. The lowest BCUT2D eigenvalue weighted by atomic mass is 10.0. The number of nitrogens with two attached hydrogens (primary N) is 1. The van der Waals surface area contributed by atoms with Crippen molar-refractivity contribution in [1.82, 2.24) is 19.1 Å². The van der Waals surface area contributed by atoms with E-state index in [4.69, 9.17) is 17.3 Å². The van der Waals surface area contributed by atoms with E-state index in [0.29, 0.717) is 0 Å². The van der Waals surface area contributed by atoms with Gasteiger partial charge in [0.2, 0.25) is 0 Å². The molecule has 0 bridgehead atoms. The Morgan fingerprint density at radius 3 is 1.47 bits per heavy atom. The van der Waals surface area contributed by atoms with Gasteiger partial charge in [0.1, 0.15) is 11.0 Å². The number of nitrogens with one attached hydrogen (secondary N) is 3. The maximum atomic E-state index is 13.1. The number of rotatable bonds is 6. The Labute approximate surface area is 281 Å². The first-order valence-electron chi connectivity index (χ1n) is 14.8. The highest BCUT2D eigenvalue weighted by Gasteiger charge is 2.34. The highest BCUT2D eigenvalue weighted by molar-refractivity contribution is 6.29. The zero-order valence-electron chi connectivity index (χ0n) is 27.3. The molecule has 0 aliphatic carbocycles. The summed E-state index contributed by atoms with van der Waals surface area (Å²) in [4.78, 5) is 51.0. The summed E-state index contributed by atoms with van der Waals surface area (Å²) in [7, 11) is 0. The molecule has 2 aromatic heterocycles. The van der Waals surface area contributed by atoms with E-state index in [1.807, 2.05) is 0 Å². The van der Waals surface area contributed by atoms with Gasteiger partial charge in [-0.05, 0) is 64.8 Å². The average Bonchev–Trinajstić information content (AvgIpc) is 2.95. The Kier molecular flexibility index (Phi) is 13.8. The van der Waals surface area contributed by atoms with Crippen molar-refractivity contribution in [1.29, 1.82) is 0 Å². The molecular formula is C32H37ClF6N6O4. The maximum absolute atomic E-state index is 13.1. The van der Waals surface area contributed by atoms with Crippen molar-refractivity contribution in [2.45, 2.75) is 78.1 Å². The van der Waals surface area contributed by atoms with Gasteiger partial charge >= 0.3 is 23.7 Å². The summed E-state index contributed by atoms with van der Waals surface area (Å²) in [6.07, 6.45) is -8.80. The first-order valence-corrected chi connectivity index (χ1v) is 15.2. The van der Waals surface area contributed by atoms with Crippen LogP contribution in [0, 0.1) is 0 Å². The van der Waals surface area contributed by atoms with Gasteiger partial charge in [-0.15, -0.1) is 0 Å². The topological polar surface area (TPSA) is 148 Å². The Morgan fingerprint density at radius 1 is 0.673 bits per heavy atom. The summed E-state index contributed by atoms with van der Waals surface area (Å²) >= 11 is 5.46. The number of hydrogen-bond donors (Lipinski definition) is 4. The number of nitrogens with zero attached hydrogens (tertiary/aromatic N) is 2. The van der Waals surface area contributed by atoms with Crippen LogP contribution in [0.3, 0.4) is 0 Å². The van der Waals surface area contributed by atoms with Crippen molar-refractivity contribution < 1.29 is 26.3 Å². The van der Waals surface area contributed by atoms with Crippen LogP contribution >= 0.6 is 11.6 Å². The first kappa shape index (κ1) is 40.6. The first-order chi connectivity index (χ1) is 22.6. The zero-order chi connectivity index (χ0) is 37.4. The standard InChI is InChI=1S/C16H18F3N3O2.C9H10F3N.C7H9ClN2O2/c1-9(2)22-14(23)8-13(21-15(22)24)20-10(3)11-6-4-5-7-12(11)16(17,18)19;1-6(13)7-4-2-3-5-8(7)9(10,11)12;1-4(2)10-6(11)3-5(8)9-7(10)12/h4-10,20H,1-3H3,(H,21,24);2-6H,13H2,1H3;3-4H,1-2H3,(H,9,12)/t10-;6-;/m00./s1. The van der Waals surface area contributed by atoms with Gasteiger partial charge in [-0.1, -0.05) is 48.0 Å². The van der Waals surface area contributed by atoms with Crippen LogP contribution in [0.5, 0.6) is 0 Å². The van der Waals surface area contributed by atoms with E-state index in [9.17, 15) is 45.5 Å². The lowest BCUT2D eigenvalue weighted by molar-refractivity contribution is -0.139. The van der Waals surface area contributed by atoms with Crippen molar-refractivity contribution in [3.05, 3.63) is 130 Å². The molecular weight excluding hydrogens is 682 g/mol. The Bertz CT molecular complexity index is 1880. The summed E-state index contributed by atoms with van der Waals surface area (Å²) in [6, 6.07) is 11.0. The van der Waals surface area contributed by atoms with Gasteiger partial charge < -0.3 is 11.1 Å². The average molecular weight is 719 g/mol. The molecule has 0 unspecified atom stereocenters. The second-order valence-corrected chi connectivity index (χ2v) is 11.7.